The second-order valence-corrected chi connectivity index (χ2v) is 7.04. The van der Waals surface area contributed by atoms with Gasteiger partial charge in [0.2, 0.25) is 5.91 Å². The van der Waals surface area contributed by atoms with Crippen molar-refractivity contribution in [2.45, 2.75) is 30.5 Å². The number of hydrogen-bond donors (Lipinski definition) is 2. The molecule has 0 bridgehead atoms. The summed E-state index contributed by atoms with van der Waals surface area (Å²) in [6, 6.07) is 6.43. The maximum absolute atomic E-state index is 13.5. The van der Waals surface area contributed by atoms with Gasteiger partial charge >= 0.3 is 0 Å². The van der Waals surface area contributed by atoms with Crippen LogP contribution in [0.4, 0.5) is 4.39 Å². The normalized spacial score (nSPS) is 17.4. The molecule has 1 aliphatic heterocycles. The Morgan fingerprint density at radius 1 is 1.44 bits per heavy atom. The van der Waals surface area contributed by atoms with Crippen molar-refractivity contribution in [3.63, 3.8) is 0 Å². The number of carbonyl (C=O) groups excluding carboxylic acids is 1. The fourth-order valence-corrected chi connectivity index (χ4v) is 3.64. The minimum Gasteiger partial charge on any atom is -0.351 e. The Labute approximate surface area is 150 Å². The van der Waals surface area contributed by atoms with Crippen LogP contribution in [-0.4, -0.2) is 39.5 Å². The third-order valence-electron chi connectivity index (χ3n) is 4.30. The molecule has 134 valence electrons. The average Bonchev–Trinajstić information content (AvgIpc) is 3.00. The first-order valence-electron chi connectivity index (χ1n) is 8.38. The Bertz CT molecular complexity index is 730. The van der Waals surface area contributed by atoms with E-state index in [2.05, 4.69) is 20.8 Å². The number of aromatic nitrogens is 3. The van der Waals surface area contributed by atoms with Crippen LogP contribution < -0.4 is 10.6 Å². The number of piperidine rings is 1. The highest BCUT2D eigenvalue weighted by molar-refractivity contribution is 7.99. The third-order valence-corrected chi connectivity index (χ3v) is 5.32. The molecule has 1 unspecified atom stereocenters. The Balaban J connectivity index is 1.50. The van der Waals surface area contributed by atoms with E-state index in [9.17, 15) is 9.18 Å². The predicted molar refractivity (Wildman–Crippen MR) is 94.8 cm³/mol. The van der Waals surface area contributed by atoms with Gasteiger partial charge in [0.15, 0.2) is 5.16 Å². The van der Waals surface area contributed by atoms with Crippen molar-refractivity contribution in [3.05, 3.63) is 41.5 Å². The highest BCUT2D eigenvalue weighted by atomic mass is 32.2. The Morgan fingerprint density at radius 2 is 2.28 bits per heavy atom. The standard InChI is InChI=1S/C17H22FN5OS/c1-23-16(13-6-4-8-19-9-13)21-22-17(23)25-11-15(24)20-10-12-5-2-3-7-14(12)18/h2-3,5,7,13,19H,4,6,8-11H2,1H3,(H,20,24). The van der Waals surface area contributed by atoms with Crippen LogP contribution in [0.5, 0.6) is 0 Å². The molecule has 2 heterocycles. The van der Waals surface area contributed by atoms with Gasteiger partial charge in [0.1, 0.15) is 11.6 Å². The summed E-state index contributed by atoms with van der Waals surface area (Å²) in [5.41, 5.74) is 0.478. The highest BCUT2D eigenvalue weighted by Crippen LogP contribution is 2.24. The van der Waals surface area contributed by atoms with E-state index >= 15 is 0 Å². The molecular weight excluding hydrogens is 341 g/mol. The van der Waals surface area contributed by atoms with E-state index in [1.165, 1.54) is 17.8 Å². The zero-order chi connectivity index (χ0) is 17.6. The molecule has 1 atom stereocenters. The summed E-state index contributed by atoms with van der Waals surface area (Å²) in [6.07, 6.45) is 2.24. The van der Waals surface area contributed by atoms with Crippen LogP contribution in [0, 0.1) is 5.82 Å². The molecular formula is C17H22FN5OS. The minimum atomic E-state index is -0.311. The first kappa shape index (κ1) is 17.9. The molecule has 3 rings (SSSR count). The van der Waals surface area contributed by atoms with Crippen LogP contribution in [-0.2, 0) is 18.4 Å². The van der Waals surface area contributed by atoms with Crippen molar-refractivity contribution in [2.75, 3.05) is 18.8 Å². The second kappa shape index (κ2) is 8.44. The summed E-state index contributed by atoms with van der Waals surface area (Å²) in [4.78, 5) is 12.0. The van der Waals surface area contributed by atoms with Crippen LogP contribution in [0.15, 0.2) is 29.4 Å². The molecule has 0 radical (unpaired) electrons. The molecule has 1 aliphatic rings. The quantitative estimate of drug-likeness (QED) is 0.766. The lowest BCUT2D eigenvalue weighted by Gasteiger charge is -2.21. The number of rotatable bonds is 6. The number of benzene rings is 1. The molecule has 0 aliphatic carbocycles. The fraction of sp³-hybridized carbons (Fsp3) is 0.471. The zero-order valence-corrected chi connectivity index (χ0v) is 15.0. The van der Waals surface area contributed by atoms with Crippen LogP contribution in [0.2, 0.25) is 0 Å². The maximum atomic E-state index is 13.5. The predicted octanol–water partition coefficient (Wildman–Crippen LogP) is 1.83. The van der Waals surface area contributed by atoms with E-state index in [0.29, 0.717) is 11.5 Å². The van der Waals surface area contributed by atoms with Gasteiger partial charge in [0, 0.05) is 31.6 Å². The lowest BCUT2D eigenvalue weighted by Crippen LogP contribution is -2.29. The number of thioether (sulfide) groups is 1. The molecule has 8 heteroatoms. The fourth-order valence-electron chi connectivity index (χ4n) is 2.90. The SMILES string of the molecule is Cn1c(SCC(=O)NCc2ccccc2F)nnc1C1CCCNC1. The van der Waals surface area contributed by atoms with Gasteiger partial charge in [-0.15, -0.1) is 10.2 Å². The summed E-state index contributed by atoms with van der Waals surface area (Å²) in [5.74, 6) is 1.09. The number of carbonyl (C=O) groups is 1. The Morgan fingerprint density at radius 3 is 3.04 bits per heavy atom. The molecule has 1 amide bonds. The summed E-state index contributed by atoms with van der Waals surface area (Å²) < 4.78 is 15.5. The summed E-state index contributed by atoms with van der Waals surface area (Å²) in [5, 5.41) is 15.3. The van der Waals surface area contributed by atoms with Gasteiger partial charge in [0.05, 0.1) is 5.75 Å². The molecule has 2 aromatic rings. The highest BCUT2D eigenvalue weighted by Gasteiger charge is 2.22. The minimum absolute atomic E-state index is 0.155. The first-order valence-corrected chi connectivity index (χ1v) is 9.36. The largest absolute Gasteiger partial charge is 0.351 e. The summed E-state index contributed by atoms with van der Waals surface area (Å²) in [7, 11) is 1.93. The van der Waals surface area contributed by atoms with E-state index in [1.54, 1.807) is 18.2 Å². The lowest BCUT2D eigenvalue weighted by atomic mass is 9.99. The van der Waals surface area contributed by atoms with Crippen molar-refractivity contribution in [2.24, 2.45) is 7.05 Å². The molecule has 0 saturated carbocycles. The van der Waals surface area contributed by atoms with Crippen molar-refractivity contribution >= 4 is 17.7 Å². The van der Waals surface area contributed by atoms with E-state index < -0.39 is 0 Å². The van der Waals surface area contributed by atoms with Gasteiger partial charge in [-0.25, -0.2) is 4.39 Å². The number of amides is 1. The molecule has 0 spiro atoms. The van der Waals surface area contributed by atoms with Gasteiger partial charge in [-0.1, -0.05) is 30.0 Å². The van der Waals surface area contributed by atoms with E-state index in [1.807, 2.05) is 11.6 Å². The maximum Gasteiger partial charge on any atom is 0.230 e. The smallest absolute Gasteiger partial charge is 0.230 e. The van der Waals surface area contributed by atoms with Gasteiger partial charge in [0.25, 0.3) is 0 Å². The van der Waals surface area contributed by atoms with Gasteiger partial charge in [-0.05, 0) is 25.5 Å². The van der Waals surface area contributed by atoms with E-state index in [0.717, 1.165) is 36.9 Å². The van der Waals surface area contributed by atoms with Crippen molar-refractivity contribution in [1.82, 2.24) is 25.4 Å². The van der Waals surface area contributed by atoms with E-state index in [-0.39, 0.29) is 24.0 Å². The molecule has 1 saturated heterocycles. The number of halogens is 1. The monoisotopic (exact) mass is 363 g/mol. The average molecular weight is 363 g/mol. The lowest BCUT2D eigenvalue weighted by molar-refractivity contribution is -0.118. The zero-order valence-electron chi connectivity index (χ0n) is 14.2. The molecule has 1 aromatic heterocycles. The summed E-state index contributed by atoms with van der Waals surface area (Å²) in [6.45, 7) is 2.15. The number of nitrogens with zero attached hydrogens (tertiary/aromatic N) is 3. The van der Waals surface area contributed by atoms with Crippen LogP contribution in [0.3, 0.4) is 0 Å². The van der Waals surface area contributed by atoms with Gasteiger partial charge in [-0.3, -0.25) is 4.79 Å². The molecule has 2 N–H and O–H groups in total. The Kier molecular flexibility index (Phi) is 6.04. The Hall–Kier alpha value is -1.93. The van der Waals surface area contributed by atoms with E-state index in [4.69, 9.17) is 0 Å². The molecule has 6 nitrogen and oxygen atoms in total. The van der Waals surface area contributed by atoms with Crippen LogP contribution >= 0.6 is 11.8 Å². The molecule has 1 aromatic carbocycles. The number of nitrogens with one attached hydrogen (secondary N) is 2. The van der Waals surface area contributed by atoms with Crippen molar-refractivity contribution in [1.29, 1.82) is 0 Å². The second-order valence-electron chi connectivity index (χ2n) is 6.10. The van der Waals surface area contributed by atoms with Crippen molar-refractivity contribution < 1.29 is 9.18 Å². The molecule has 25 heavy (non-hydrogen) atoms. The summed E-state index contributed by atoms with van der Waals surface area (Å²) >= 11 is 1.34. The molecule has 1 fully saturated rings. The number of hydrogen-bond acceptors (Lipinski definition) is 5. The van der Waals surface area contributed by atoms with Gasteiger partial charge in [-0.2, -0.15) is 0 Å². The van der Waals surface area contributed by atoms with Crippen molar-refractivity contribution in [3.8, 4) is 0 Å². The van der Waals surface area contributed by atoms with Crippen LogP contribution in [0.1, 0.15) is 30.1 Å². The van der Waals surface area contributed by atoms with Crippen LogP contribution in [0.25, 0.3) is 0 Å². The third kappa shape index (κ3) is 4.58. The first-order chi connectivity index (χ1) is 12.1. The van der Waals surface area contributed by atoms with Gasteiger partial charge < -0.3 is 15.2 Å². The topological polar surface area (TPSA) is 71.8 Å².